The van der Waals surface area contributed by atoms with Crippen LogP contribution in [0.4, 0.5) is 4.39 Å². The van der Waals surface area contributed by atoms with Gasteiger partial charge in [0.25, 0.3) is 0 Å². The van der Waals surface area contributed by atoms with E-state index < -0.39 is 0 Å². The van der Waals surface area contributed by atoms with Gasteiger partial charge in [-0.25, -0.2) is 4.39 Å². The summed E-state index contributed by atoms with van der Waals surface area (Å²) in [6.07, 6.45) is 1.78. The van der Waals surface area contributed by atoms with Crippen LogP contribution in [0, 0.1) is 5.82 Å². The molecule has 1 aromatic carbocycles. The van der Waals surface area contributed by atoms with Gasteiger partial charge in [0.15, 0.2) is 0 Å². The number of ether oxygens (including phenoxy) is 1. The Labute approximate surface area is 113 Å². The molecule has 2 N–H and O–H groups in total. The molecule has 2 aliphatic rings. The zero-order valence-electron chi connectivity index (χ0n) is 11.5. The number of hydrogen-bond acceptors (Lipinski definition) is 3. The molecule has 2 heterocycles. The first-order valence-corrected chi connectivity index (χ1v) is 6.97. The van der Waals surface area contributed by atoms with Crippen molar-refractivity contribution in [3.63, 3.8) is 0 Å². The minimum absolute atomic E-state index is 0.0588. The molecule has 1 fully saturated rings. The van der Waals surface area contributed by atoms with Gasteiger partial charge in [-0.15, -0.1) is 0 Å². The van der Waals surface area contributed by atoms with E-state index in [-0.39, 0.29) is 17.5 Å². The summed E-state index contributed by atoms with van der Waals surface area (Å²) in [7, 11) is 0. The summed E-state index contributed by atoms with van der Waals surface area (Å²) in [6, 6.07) is 5.12. The number of fused-ring (bicyclic) bond motifs is 1. The van der Waals surface area contributed by atoms with Crippen LogP contribution >= 0.6 is 0 Å². The van der Waals surface area contributed by atoms with Crippen LogP contribution in [-0.2, 0) is 0 Å². The summed E-state index contributed by atoms with van der Waals surface area (Å²) in [5.41, 5.74) is 6.95. The van der Waals surface area contributed by atoms with Gasteiger partial charge in [-0.3, -0.25) is 4.90 Å². The molecule has 1 saturated heterocycles. The number of rotatable bonds is 1. The van der Waals surface area contributed by atoms with Crippen LogP contribution in [0.3, 0.4) is 0 Å². The molecule has 1 aromatic rings. The Morgan fingerprint density at radius 2 is 2.26 bits per heavy atom. The van der Waals surface area contributed by atoms with Crippen LogP contribution in [0.2, 0.25) is 0 Å². The average Bonchev–Trinajstić information content (AvgIpc) is 2.72. The number of hydrogen-bond donors (Lipinski definition) is 1. The molecular formula is C15H21FN2O. The van der Waals surface area contributed by atoms with Crippen molar-refractivity contribution < 1.29 is 9.13 Å². The van der Waals surface area contributed by atoms with E-state index >= 15 is 0 Å². The van der Waals surface area contributed by atoms with E-state index in [1.54, 1.807) is 6.07 Å². The van der Waals surface area contributed by atoms with Gasteiger partial charge in [-0.2, -0.15) is 0 Å². The lowest BCUT2D eigenvalue weighted by Gasteiger charge is -2.39. The molecule has 1 spiro atoms. The van der Waals surface area contributed by atoms with Crippen molar-refractivity contribution >= 4 is 0 Å². The van der Waals surface area contributed by atoms with Crippen molar-refractivity contribution in [3.05, 3.63) is 29.6 Å². The fourth-order valence-corrected chi connectivity index (χ4v) is 3.25. The first kappa shape index (κ1) is 12.9. The Morgan fingerprint density at radius 1 is 1.47 bits per heavy atom. The van der Waals surface area contributed by atoms with Gasteiger partial charge >= 0.3 is 0 Å². The van der Waals surface area contributed by atoms with Gasteiger partial charge in [0.05, 0.1) is 0 Å². The molecule has 4 heteroatoms. The Morgan fingerprint density at radius 3 is 2.95 bits per heavy atom. The summed E-state index contributed by atoms with van der Waals surface area (Å²) < 4.78 is 19.5. The second-order valence-corrected chi connectivity index (χ2v) is 6.09. The first-order valence-electron chi connectivity index (χ1n) is 6.97. The quantitative estimate of drug-likeness (QED) is 0.847. The van der Waals surface area contributed by atoms with Crippen molar-refractivity contribution in [2.75, 3.05) is 13.1 Å². The van der Waals surface area contributed by atoms with Gasteiger partial charge in [-0.1, -0.05) is 6.07 Å². The zero-order valence-corrected chi connectivity index (χ0v) is 11.5. The van der Waals surface area contributed by atoms with Crippen LogP contribution in [0.25, 0.3) is 0 Å². The SMILES string of the molecule is CC(C)N1CCC2(CC(N)c3ccc(F)cc3O2)C1. The van der Waals surface area contributed by atoms with Crippen LogP contribution in [0.15, 0.2) is 18.2 Å². The number of nitrogens with two attached hydrogens (primary N) is 1. The number of benzene rings is 1. The molecule has 0 radical (unpaired) electrons. The monoisotopic (exact) mass is 264 g/mol. The third kappa shape index (κ3) is 2.23. The minimum Gasteiger partial charge on any atom is -0.485 e. The predicted molar refractivity (Wildman–Crippen MR) is 72.6 cm³/mol. The zero-order chi connectivity index (χ0) is 13.6. The van der Waals surface area contributed by atoms with Crippen molar-refractivity contribution in [3.8, 4) is 5.75 Å². The minimum atomic E-state index is -0.262. The van der Waals surface area contributed by atoms with Crippen molar-refractivity contribution in [2.45, 2.75) is 44.4 Å². The molecule has 0 bridgehead atoms. The molecule has 19 heavy (non-hydrogen) atoms. The lowest BCUT2D eigenvalue weighted by Crippen LogP contribution is -2.46. The number of likely N-dealkylation sites (tertiary alicyclic amines) is 1. The molecule has 2 unspecified atom stereocenters. The van der Waals surface area contributed by atoms with Gasteiger partial charge < -0.3 is 10.5 Å². The lowest BCUT2D eigenvalue weighted by molar-refractivity contribution is 0.0406. The fraction of sp³-hybridized carbons (Fsp3) is 0.600. The molecule has 3 rings (SSSR count). The summed E-state index contributed by atoms with van der Waals surface area (Å²) in [6.45, 7) is 6.29. The van der Waals surface area contributed by atoms with E-state index in [0.717, 1.165) is 31.5 Å². The summed E-state index contributed by atoms with van der Waals surface area (Å²) >= 11 is 0. The Kier molecular flexibility index (Phi) is 3.02. The highest BCUT2D eigenvalue weighted by Gasteiger charge is 2.45. The van der Waals surface area contributed by atoms with Crippen LogP contribution < -0.4 is 10.5 Å². The Balaban J connectivity index is 1.88. The molecule has 0 amide bonds. The van der Waals surface area contributed by atoms with Crippen LogP contribution in [0.1, 0.15) is 38.3 Å². The van der Waals surface area contributed by atoms with Crippen LogP contribution in [0.5, 0.6) is 5.75 Å². The second kappa shape index (κ2) is 4.46. The maximum Gasteiger partial charge on any atom is 0.127 e. The highest BCUT2D eigenvalue weighted by Crippen LogP contribution is 2.43. The number of nitrogens with zero attached hydrogens (tertiary/aromatic N) is 1. The second-order valence-electron chi connectivity index (χ2n) is 6.09. The van der Waals surface area contributed by atoms with E-state index in [9.17, 15) is 4.39 Å². The maximum atomic E-state index is 13.4. The summed E-state index contributed by atoms with van der Waals surface area (Å²) in [5, 5.41) is 0. The normalized spacial score (nSPS) is 30.7. The highest BCUT2D eigenvalue weighted by atomic mass is 19.1. The van der Waals surface area contributed by atoms with Crippen LogP contribution in [-0.4, -0.2) is 29.6 Å². The van der Waals surface area contributed by atoms with E-state index in [1.807, 2.05) is 0 Å². The molecule has 0 saturated carbocycles. The third-order valence-corrected chi connectivity index (χ3v) is 4.37. The molecule has 0 aliphatic carbocycles. The van der Waals surface area contributed by atoms with Crippen molar-refractivity contribution in [1.29, 1.82) is 0 Å². The predicted octanol–water partition coefficient (Wildman–Crippen LogP) is 2.46. The fourth-order valence-electron chi connectivity index (χ4n) is 3.25. The topological polar surface area (TPSA) is 38.5 Å². The van der Waals surface area contributed by atoms with Crippen molar-refractivity contribution in [1.82, 2.24) is 4.90 Å². The Hall–Kier alpha value is -1.13. The molecule has 104 valence electrons. The van der Waals surface area contributed by atoms with E-state index in [0.29, 0.717) is 11.8 Å². The average molecular weight is 264 g/mol. The Bertz CT molecular complexity index is 491. The van der Waals surface area contributed by atoms with E-state index in [4.69, 9.17) is 10.5 Å². The van der Waals surface area contributed by atoms with Crippen molar-refractivity contribution in [2.24, 2.45) is 5.73 Å². The largest absolute Gasteiger partial charge is 0.485 e. The molecule has 2 aliphatic heterocycles. The number of halogens is 1. The molecule has 2 atom stereocenters. The van der Waals surface area contributed by atoms with Gasteiger partial charge in [-0.05, 0) is 19.9 Å². The molecular weight excluding hydrogens is 243 g/mol. The smallest absolute Gasteiger partial charge is 0.127 e. The van der Waals surface area contributed by atoms with E-state index in [2.05, 4.69) is 18.7 Å². The molecule has 0 aromatic heterocycles. The third-order valence-electron chi connectivity index (χ3n) is 4.37. The van der Waals surface area contributed by atoms with Gasteiger partial charge in [0.1, 0.15) is 17.2 Å². The van der Waals surface area contributed by atoms with E-state index in [1.165, 1.54) is 12.1 Å². The lowest BCUT2D eigenvalue weighted by atomic mass is 9.87. The molecule has 3 nitrogen and oxygen atoms in total. The highest BCUT2D eigenvalue weighted by molar-refractivity contribution is 5.39. The summed E-state index contributed by atoms with van der Waals surface area (Å²) in [5.74, 6) is 0.367. The summed E-state index contributed by atoms with van der Waals surface area (Å²) in [4.78, 5) is 2.40. The maximum absolute atomic E-state index is 13.4. The standard InChI is InChI=1S/C15H21FN2O/c1-10(2)18-6-5-15(9-18)8-13(17)12-4-3-11(16)7-14(12)19-15/h3-4,7,10,13H,5-6,8-9,17H2,1-2H3. The van der Waals surface area contributed by atoms with Gasteiger partial charge in [0, 0.05) is 49.6 Å². The van der Waals surface area contributed by atoms with Gasteiger partial charge in [0.2, 0.25) is 0 Å². The first-order chi connectivity index (χ1) is 8.99.